The minimum atomic E-state index is -0.148. The van der Waals surface area contributed by atoms with E-state index in [0.717, 1.165) is 42.8 Å². The fourth-order valence-electron chi connectivity index (χ4n) is 5.00. The molecule has 7 heteroatoms. The first-order chi connectivity index (χ1) is 18.2. The molecule has 5 rings (SSSR count). The van der Waals surface area contributed by atoms with E-state index in [1.54, 1.807) is 0 Å². The highest BCUT2D eigenvalue weighted by molar-refractivity contribution is 5.85. The summed E-state index contributed by atoms with van der Waals surface area (Å²) >= 11 is 0. The van der Waals surface area contributed by atoms with Gasteiger partial charge >= 0.3 is 0 Å². The van der Waals surface area contributed by atoms with Crippen LogP contribution in [0.25, 0.3) is 0 Å². The maximum atomic E-state index is 13.6. The standard InChI is InChI=1S/C31H31N5O.ClH/c32-19-26-11-13-28(14-12-26)22-36-24-33-20-29(36)23-34(17-15-25-7-3-1-4-8-25)30-16-18-35(31(30)37)21-27-9-5-2-6-10-27;/h1-14,20,24,30H,15-18,21-23H2;1H/t30-;/m0./s1. The van der Waals surface area contributed by atoms with Gasteiger partial charge in [0.05, 0.1) is 29.7 Å². The lowest BCUT2D eigenvalue weighted by Gasteiger charge is -2.28. The Morgan fingerprint density at radius 3 is 2.24 bits per heavy atom. The van der Waals surface area contributed by atoms with Crippen molar-refractivity contribution in [3.8, 4) is 6.07 Å². The highest BCUT2D eigenvalue weighted by Crippen LogP contribution is 2.23. The van der Waals surface area contributed by atoms with E-state index in [9.17, 15) is 4.79 Å². The highest BCUT2D eigenvalue weighted by atomic mass is 35.5. The van der Waals surface area contributed by atoms with Crippen LogP contribution in [-0.2, 0) is 30.8 Å². The lowest BCUT2D eigenvalue weighted by molar-refractivity contribution is -0.132. The molecule has 0 N–H and O–H groups in total. The number of rotatable bonds is 10. The molecule has 2 heterocycles. The molecule has 1 aromatic heterocycles. The molecule has 1 fully saturated rings. The number of nitrogens with zero attached hydrogens (tertiary/aromatic N) is 5. The van der Waals surface area contributed by atoms with Crippen molar-refractivity contribution < 1.29 is 4.79 Å². The number of aromatic nitrogens is 2. The third-order valence-corrected chi connectivity index (χ3v) is 7.06. The van der Waals surface area contributed by atoms with Crippen molar-refractivity contribution in [2.75, 3.05) is 13.1 Å². The number of carbonyl (C=O) groups is 1. The second kappa shape index (κ2) is 13.0. The average molecular weight is 526 g/mol. The monoisotopic (exact) mass is 525 g/mol. The van der Waals surface area contributed by atoms with Crippen molar-refractivity contribution in [2.24, 2.45) is 0 Å². The summed E-state index contributed by atoms with van der Waals surface area (Å²) in [5.74, 6) is 0.204. The summed E-state index contributed by atoms with van der Waals surface area (Å²) in [6.07, 6.45) is 5.46. The van der Waals surface area contributed by atoms with Gasteiger partial charge in [0.15, 0.2) is 0 Å². The van der Waals surface area contributed by atoms with Gasteiger partial charge in [-0.05, 0) is 41.7 Å². The largest absolute Gasteiger partial charge is 0.337 e. The first kappa shape index (κ1) is 27.1. The van der Waals surface area contributed by atoms with Crippen LogP contribution >= 0.6 is 12.4 Å². The molecule has 4 aromatic rings. The molecular weight excluding hydrogens is 494 g/mol. The predicted molar refractivity (Wildman–Crippen MR) is 151 cm³/mol. The zero-order valence-corrected chi connectivity index (χ0v) is 22.1. The minimum Gasteiger partial charge on any atom is -0.337 e. The van der Waals surface area contributed by atoms with E-state index in [1.165, 1.54) is 5.56 Å². The SMILES string of the molecule is Cl.N#Cc1ccc(Cn2cncc2CN(CCc2ccccc2)[C@H]2CCN(Cc3ccccc3)C2=O)cc1. The van der Waals surface area contributed by atoms with Crippen molar-refractivity contribution in [2.45, 2.75) is 38.5 Å². The van der Waals surface area contributed by atoms with E-state index in [4.69, 9.17) is 5.26 Å². The third-order valence-electron chi connectivity index (χ3n) is 7.06. The summed E-state index contributed by atoms with van der Waals surface area (Å²) < 4.78 is 2.14. The molecule has 194 valence electrons. The van der Waals surface area contributed by atoms with Crippen molar-refractivity contribution in [3.05, 3.63) is 125 Å². The first-order valence-electron chi connectivity index (χ1n) is 12.8. The quantitative estimate of drug-likeness (QED) is 0.290. The lowest BCUT2D eigenvalue weighted by atomic mass is 10.1. The molecule has 0 radical (unpaired) electrons. The molecule has 0 saturated carbocycles. The van der Waals surface area contributed by atoms with Gasteiger partial charge in [0, 0.05) is 38.9 Å². The summed E-state index contributed by atoms with van der Waals surface area (Å²) in [5, 5.41) is 9.09. The average Bonchev–Trinajstić information content (AvgIpc) is 3.53. The van der Waals surface area contributed by atoms with Crippen LogP contribution in [0.5, 0.6) is 0 Å². The number of amides is 1. The minimum absolute atomic E-state index is 0. The highest BCUT2D eigenvalue weighted by Gasteiger charge is 2.36. The predicted octanol–water partition coefficient (Wildman–Crippen LogP) is 5.07. The van der Waals surface area contributed by atoms with Crippen LogP contribution < -0.4 is 0 Å². The van der Waals surface area contributed by atoms with E-state index in [1.807, 2.05) is 66.0 Å². The van der Waals surface area contributed by atoms with Gasteiger partial charge in [0.25, 0.3) is 0 Å². The number of imidazole rings is 1. The van der Waals surface area contributed by atoms with Crippen molar-refractivity contribution in [3.63, 3.8) is 0 Å². The normalized spacial score (nSPS) is 14.9. The van der Waals surface area contributed by atoms with Crippen molar-refractivity contribution >= 4 is 18.3 Å². The molecule has 6 nitrogen and oxygen atoms in total. The third kappa shape index (κ3) is 6.69. The summed E-state index contributed by atoms with van der Waals surface area (Å²) in [6.45, 7) is 3.54. The molecule has 38 heavy (non-hydrogen) atoms. The first-order valence-corrected chi connectivity index (χ1v) is 12.8. The Hall–Kier alpha value is -3.92. The van der Waals surface area contributed by atoms with E-state index < -0.39 is 0 Å². The Bertz CT molecular complexity index is 1350. The van der Waals surface area contributed by atoms with Crippen molar-refractivity contribution in [1.29, 1.82) is 5.26 Å². The zero-order valence-electron chi connectivity index (χ0n) is 21.3. The van der Waals surface area contributed by atoms with E-state index >= 15 is 0 Å². The number of likely N-dealkylation sites (tertiary alicyclic amines) is 1. The van der Waals surface area contributed by atoms with E-state index in [2.05, 4.69) is 56.9 Å². The molecule has 1 atom stereocenters. The van der Waals surface area contributed by atoms with Gasteiger partial charge in [-0.15, -0.1) is 12.4 Å². The van der Waals surface area contributed by atoms with Crippen LogP contribution in [0.2, 0.25) is 0 Å². The molecule has 0 aliphatic carbocycles. The molecule has 1 amide bonds. The van der Waals surface area contributed by atoms with Crippen LogP contribution in [0.4, 0.5) is 0 Å². The topological polar surface area (TPSA) is 65.2 Å². The Morgan fingerprint density at radius 2 is 1.55 bits per heavy atom. The maximum Gasteiger partial charge on any atom is 0.240 e. The Kier molecular flexibility index (Phi) is 9.31. The Morgan fingerprint density at radius 1 is 0.895 bits per heavy atom. The smallest absolute Gasteiger partial charge is 0.240 e. The zero-order chi connectivity index (χ0) is 25.5. The Labute approximate surface area is 230 Å². The van der Waals surface area contributed by atoms with Crippen LogP contribution in [-0.4, -0.2) is 44.4 Å². The molecule has 1 aliphatic rings. The fourth-order valence-corrected chi connectivity index (χ4v) is 5.00. The van der Waals surface area contributed by atoms with Crippen LogP contribution in [0.15, 0.2) is 97.5 Å². The molecule has 0 unspecified atom stereocenters. The maximum absolute atomic E-state index is 13.6. The molecular formula is C31H32ClN5O. The van der Waals surface area contributed by atoms with Gasteiger partial charge in [-0.25, -0.2) is 4.98 Å². The molecule has 0 spiro atoms. The van der Waals surface area contributed by atoms with Gasteiger partial charge in [0.1, 0.15) is 0 Å². The second-order valence-electron chi connectivity index (χ2n) is 9.58. The fraction of sp³-hybridized carbons (Fsp3) is 0.258. The number of benzene rings is 3. The lowest BCUT2D eigenvalue weighted by Crippen LogP contribution is -2.42. The van der Waals surface area contributed by atoms with Crippen LogP contribution in [0, 0.1) is 11.3 Å². The number of halogens is 1. The van der Waals surface area contributed by atoms with Gasteiger partial charge in [-0.1, -0.05) is 72.8 Å². The molecule has 1 saturated heterocycles. The number of hydrogen-bond acceptors (Lipinski definition) is 4. The molecule has 3 aromatic carbocycles. The summed E-state index contributed by atoms with van der Waals surface area (Å²) in [6, 6.07) is 30.3. The number of hydrogen-bond donors (Lipinski definition) is 0. The Balaban J connectivity index is 0.00000336. The molecule has 1 aliphatic heterocycles. The number of carbonyl (C=O) groups excluding carboxylic acids is 1. The van der Waals surface area contributed by atoms with Gasteiger partial charge in [-0.2, -0.15) is 5.26 Å². The van der Waals surface area contributed by atoms with Crippen LogP contribution in [0.3, 0.4) is 0 Å². The molecule has 0 bridgehead atoms. The number of nitriles is 1. The van der Waals surface area contributed by atoms with Gasteiger partial charge in [0.2, 0.25) is 5.91 Å². The van der Waals surface area contributed by atoms with Crippen molar-refractivity contribution in [1.82, 2.24) is 19.4 Å². The second-order valence-corrected chi connectivity index (χ2v) is 9.58. The van der Waals surface area contributed by atoms with E-state index in [-0.39, 0.29) is 24.4 Å². The summed E-state index contributed by atoms with van der Waals surface area (Å²) in [5.41, 5.74) is 5.27. The summed E-state index contributed by atoms with van der Waals surface area (Å²) in [4.78, 5) is 22.3. The summed E-state index contributed by atoms with van der Waals surface area (Å²) in [7, 11) is 0. The van der Waals surface area contributed by atoms with Gasteiger partial charge in [-0.3, -0.25) is 9.69 Å². The van der Waals surface area contributed by atoms with E-state index in [0.29, 0.717) is 25.2 Å². The van der Waals surface area contributed by atoms with Gasteiger partial charge < -0.3 is 9.47 Å². The van der Waals surface area contributed by atoms with Crippen LogP contribution in [0.1, 0.15) is 34.4 Å².